The molecule has 0 bridgehead atoms. The molecule has 4 aliphatic rings. The summed E-state index contributed by atoms with van der Waals surface area (Å²) in [7, 11) is 1.73. The molecule has 0 aliphatic carbocycles. The number of rotatable bonds is 6. The molecule has 0 radical (unpaired) electrons. The smallest absolute Gasteiger partial charge is 0.249 e. The molecule has 1 aromatic rings. The minimum absolute atomic E-state index is 0.0367. The van der Waals surface area contributed by atoms with Crippen molar-refractivity contribution in [3.05, 3.63) is 60.2 Å². The molecule has 1 unspecified atom stereocenters. The van der Waals surface area contributed by atoms with E-state index in [0.717, 1.165) is 12.0 Å². The number of likely N-dealkylation sites (N-methyl/N-ethyl adjacent to an activating group) is 1. The van der Waals surface area contributed by atoms with Crippen LogP contribution in [0.25, 0.3) is 0 Å². The van der Waals surface area contributed by atoms with Gasteiger partial charge in [0.1, 0.15) is 11.6 Å². The highest BCUT2D eigenvalue weighted by atomic mass is 16.5. The molecule has 8 heteroatoms. The monoisotopic (exact) mass is 549 g/mol. The van der Waals surface area contributed by atoms with Crippen molar-refractivity contribution >= 4 is 17.7 Å². The fraction of sp³-hybridized carbons (Fsp3) is 0.594. The summed E-state index contributed by atoms with van der Waals surface area (Å²) in [5.74, 6) is -2.28. The minimum atomic E-state index is -1.31. The lowest BCUT2D eigenvalue weighted by Crippen LogP contribution is -2.62. The van der Waals surface area contributed by atoms with E-state index < -0.39 is 41.2 Å². The molecule has 8 nitrogen and oxygen atoms in total. The Labute approximate surface area is 237 Å². The van der Waals surface area contributed by atoms with Crippen molar-refractivity contribution in [2.24, 2.45) is 17.3 Å². The quantitative estimate of drug-likeness (QED) is 0.552. The van der Waals surface area contributed by atoms with Crippen molar-refractivity contribution in [3.8, 4) is 0 Å². The number of fused-ring (bicyclic) bond motifs is 2. The highest BCUT2D eigenvalue weighted by Crippen LogP contribution is 2.54. The molecule has 5 rings (SSSR count). The third-order valence-corrected chi connectivity index (χ3v) is 8.91. The standard InChI is InChI=1S/C32H43N3O5/c1-30(2,3)20-31(4,5)34-17-11-15-32-25(24-23(40-32)14-10-16-33(6)27(24)37)28(38)35(26(32)29(34)39)22(19-36)18-21-12-8-7-9-13-21/h7-15,22-26,36H,16-20H2,1-6H3/t22-,23-,24+,25+,26?,32+/m1/s1. The maximum absolute atomic E-state index is 14.8. The van der Waals surface area contributed by atoms with Gasteiger partial charge in [-0.1, -0.05) is 75.4 Å². The second-order valence-electron chi connectivity index (χ2n) is 13.7. The number of aliphatic hydroxyl groups is 1. The lowest BCUT2D eigenvalue weighted by Gasteiger charge is -2.45. The third-order valence-electron chi connectivity index (χ3n) is 8.91. The number of ether oxygens (including phenoxy) is 1. The predicted molar refractivity (Wildman–Crippen MR) is 152 cm³/mol. The first-order chi connectivity index (χ1) is 18.8. The van der Waals surface area contributed by atoms with Gasteiger partial charge in [0.15, 0.2) is 0 Å². The zero-order chi connectivity index (χ0) is 29.0. The summed E-state index contributed by atoms with van der Waals surface area (Å²) in [5, 5.41) is 10.7. The van der Waals surface area contributed by atoms with Crippen LogP contribution in [-0.2, 0) is 25.5 Å². The zero-order valence-electron chi connectivity index (χ0n) is 24.5. The molecule has 40 heavy (non-hydrogen) atoms. The number of nitrogens with zero attached hydrogens (tertiary/aromatic N) is 3. The van der Waals surface area contributed by atoms with Crippen LogP contribution in [0.3, 0.4) is 0 Å². The van der Waals surface area contributed by atoms with Crippen LogP contribution < -0.4 is 0 Å². The SMILES string of the molecule is CN1CC=C[C@H]2O[C@]34C=CCN(C(C)(C)CC(C)(C)C)C(=O)C3N([C@@H](CO)Cc3ccccc3)C(=O)[C@@H]4[C@H]2C1=O. The molecule has 0 aromatic heterocycles. The van der Waals surface area contributed by atoms with Crippen molar-refractivity contribution in [1.29, 1.82) is 0 Å². The summed E-state index contributed by atoms with van der Waals surface area (Å²) in [6.45, 7) is 11.1. The molecule has 2 fully saturated rings. The summed E-state index contributed by atoms with van der Waals surface area (Å²) < 4.78 is 6.72. The molecular weight excluding hydrogens is 506 g/mol. The Morgan fingerprint density at radius 2 is 1.70 bits per heavy atom. The van der Waals surface area contributed by atoms with Crippen molar-refractivity contribution in [3.63, 3.8) is 0 Å². The van der Waals surface area contributed by atoms with Gasteiger partial charge in [0.05, 0.1) is 30.6 Å². The van der Waals surface area contributed by atoms with E-state index in [2.05, 4.69) is 34.6 Å². The van der Waals surface area contributed by atoms with Gasteiger partial charge in [-0.3, -0.25) is 14.4 Å². The first kappa shape index (κ1) is 28.6. The molecule has 1 N–H and O–H groups in total. The third kappa shape index (κ3) is 4.69. The molecule has 0 saturated carbocycles. The van der Waals surface area contributed by atoms with Crippen LogP contribution in [-0.4, -0.2) is 93.6 Å². The summed E-state index contributed by atoms with van der Waals surface area (Å²) in [4.78, 5) is 48.0. The Balaban J connectivity index is 1.63. The largest absolute Gasteiger partial charge is 0.394 e. The summed E-state index contributed by atoms with van der Waals surface area (Å²) >= 11 is 0. The van der Waals surface area contributed by atoms with Crippen LogP contribution in [0, 0.1) is 17.3 Å². The number of benzene rings is 1. The van der Waals surface area contributed by atoms with Crippen LogP contribution in [0.4, 0.5) is 0 Å². The molecule has 3 amide bonds. The molecule has 1 aromatic carbocycles. The van der Waals surface area contributed by atoms with Gasteiger partial charge in [-0.15, -0.1) is 0 Å². The van der Waals surface area contributed by atoms with E-state index in [4.69, 9.17) is 4.74 Å². The van der Waals surface area contributed by atoms with Crippen LogP contribution in [0.5, 0.6) is 0 Å². The van der Waals surface area contributed by atoms with E-state index >= 15 is 0 Å². The molecule has 2 saturated heterocycles. The highest BCUT2D eigenvalue weighted by molar-refractivity contribution is 6.00. The Hall–Kier alpha value is -2.97. The van der Waals surface area contributed by atoms with Crippen LogP contribution in [0.1, 0.15) is 46.6 Å². The maximum atomic E-state index is 14.8. The number of hydrogen-bond acceptors (Lipinski definition) is 5. The van der Waals surface area contributed by atoms with Gasteiger partial charge in [-0.2, -0.15) is 0 Å². The van der Waals surface area contributed by atoms with E-state index in [1.165, 1.54) is 0 Å². The van der Waals surface area contributed by atoms with Gasteiger partial charge < -0.3 is 24.5 Å². The van der Waals surface area contributed by atoms with Crippen molar-refractivity contribution < 1.29 is 24.2 Å². The van der Waals surface area contributed by atoms with Gasteiger partial charge in [-0.25, -0.2) is 0 Å². The Morgan fingerprint density at radius 3 is 2.35 bits per heavy atom. The van der Waals surface area contributed by atoms with Gasteiger partial charge in [0, 0.05) is 25.7 Å². The van der Waals surface area contributed by atoms with Crippen molar-refractivity contribution in [2.75, 3.05) is 26.7 Å². The fourth-order valence-corrected chi connectivity index (χ4v) is 7.67. The number of aliphatic hydroxyl groups excluding tert-OH is 1. The molecule has 1 spiro atoms. The van der Waals surface area contributed by atoms with E-state index in [9.17, 15) is 19.5 Å². The second-order valence-corrected chi connectivity index (χ2v) is 13.7. The molecule has 4 aliphatic heterocycles. The average Bonchev–Trinajstić information content (AvgIpc) is 3.20. The summed E-state index contributed by atoms with van der Waals surface area (Å²) in [6.07, 6.45) is 8.09. The highest BCUT2D eigenvalue weighted by Gasteiger charge is 2.72. The first-order valence-electron chi connectivity index (χ1n) is 14.4. The normalized spacial score (nSPS) is 31.2. The van der Waals surface area contributed by atoms with Crippen LogP contribution >= 0.6 is 0 Å². The molecule has 6 atom stereocenters. The topological polar surface area (TPSA) is 90.4 Å². The zero-order valence-corrected chi connectivity index (χ0v) is 24.5. The maximum Gasteiger partial charge on any atom is 0.249 e. The van der Waals surface area contributed by atoms with Gasteiger partial charge in [0.2, 0.25) is 17.7 Å². The Morgan fingerprint density at radius 1 is 1.00 bits per heavy atom. The number of carbonyl (C=O) groups is 3. The number of amides is 3. The van der Waals surface area contributed by atoms with Gasteiger partial charge >= 0.3 is 0 Å². The second kappa shape index (κ2) is 10.1. The molecule has 216 valence electrons. The van der Waals surface area contributed by atoms with E-state index in [-0.39, 0.29) is 29.7 Å². The number of hydrogen-bond donors (Lipinski definition) is 1. The van der Waals surface area contributed by atoms with Crippen molar-refractivity contribution in [2.45, 2.75) is 76.8 Å². The van der Waals surface area contributed by atoms with Crippen molar-refractivity contribution in [1.82, 2.24) is 14.7 Å². The lowest BCUT2D eigenvalue weighted by molar-refractivity contribution is -0.155. The van der Waals surface area contributed by atoms with E-state index in [1.54, 1.807) is 16.8 Å². The minimum Gasteiger partial charge on any atom is -0.394 e. The Bertz CT molecular complexity index is 1220. The van der Waals surface area contributed by atoms with E-state index in [0.29, 0.717) is 19.5 Å². The van der Waals surface area contributed by atoms with Crippen LogP contribution in [0.2, 0.25) is 0 Å². The van der Waals surface area contributed by atoms with Crippen LogP contribution in [0.15, 0.2) is 54.6 Å². The van der Waals surface area contributed by atoms with Gasteiger partial charge in [-0.05, 0) is 37.7 Å². The average molecular weight is 550 g/mol. The predicted octanol–water partition coefficient (Wildman–Crippen LogP) is 2.81. The molecular formula is C32H43N3O5. The summed E-state index contributed by atoms with van der Waals surface area (Å²) in [5.41, 5.74) is -0.900. The fourth-order valence-electron chi connectivity index (χ4n) is 7.67. The lowest BCUT2D eigenvalue weighted by atomic mass is 9.77. The number of carbonyl (C=O) groups excluding carboxylic acids is 3. The molecule has 4 heterocycles. The van der Waals surface area contributed by atoms with E-state index in [1.807, 2.05) is 59.5 Å². The summed E-state index contributed by atoms with van der Waals surface area (Å²) in [6, 6.07) is 8.01. The number of likely N-dealkylation sites (tertiary alicyclic amines) is 1. The first-order valence-corrected chi connectivity index (χ1v) is 14.4. The van der Waals surface area contributed by atoms with Gasteiger partial charge in [0.25, 0.3) is 0 Å². The Kier molecular flexibility index (Phi) is 7.24.